The van der Waals surface area contributed by atoms with Gasteiger partial charge in [-0.1, -0.05) is 41.9 Å². The number of benzene rings is 2. The molecule has 1 heterocycles. The van der Waals surface area contributed by atoms with E-state index in [1.165, 1.54) is 6.92 Å². The van der Waals surface area contributed by atoms with Gasteiger partial charge in [0.2, 0.25) is 0 Å². The summed E-state index contributed by atoms with van der Waals surface area (Å²) in [6, 6.07) is 14.6. The summed E-state index contributed by atoms with van der Waals surface area (Å²) in [5, 5.41) is 3.73. The Labute approximate surface area is 176 Å². The van der Waals surface area contributed by atoms with Crippen LogP contribution in [0, 0.1) is 0 Å². The van der Waals surface area contributed by atoms with E-state index in [0.717, 1.165) is 18.4 Å². The Morgan fingerprint density at radius 1 is 1.17 bits per heavy atom. The molecule has 29 heavy (non-hydrogen) atoms. The van der Waals surface area contributed by atoms with Crippen LogP contribution in [-0.4, -0.2) is 37.6 Å². The summed E-state index contributed by atoms with van der Waals surface area (Å²) in [5.74, 6) is 0.233. The summed E-state index contributed by atoms with van der Waals surface area (Å²) in [4.78, 5) is 24.2. The predicted octanol–water partition coefficient (Wildman–Crippen LogP) is 4.17. The molecule has 154 valence electrons. The molecule has 5 nitrogen and oxygen atoms in total. The first-order valence-corrected chi connectivity index (χ1v) is 10.2. The van der Waals surface area contributed by atoms with Crippen LogP contribution >= 0.6 is 11.6 Å². The van der Waals surface area contributed by atoms with Crippen LogP contribution in [0.4, 0.5) is 0 Å². The summed E-state index contributed by atoms with van der Waals surface area (Å²) in [6.07, 6.45) is 0.875. The predicted molar refractivity (Wildman–Crippen MR) is 113 cm³/mol. The molecular formula is C23H26ClNO4. The van der Waals surface area contributed by atoms with Crippen molar-refractivity contribution in [3.05, 3.63) is 64.7 Å². The third kappa shape index (κ3) is 5.17. The SMILES string of the molecule is CC(=O)c1cccc(OC(C)C(=O)NCC2(c3ccccc3Cl)CCOCC2)c1. The van der Waals surface area contributed by atoms with E-state index >= 15 is 0 Å². The van der Waals surface area contributed by atoms with E-state index in [9.17, 15) is 9.59 Å². The zero-order valence-corrected chi connectivity index (χ0v) is 17.5. The standard InChI is InChI=1S/C23H26ClNO4/c1-16(26)18-6-5-7-19(14-18)29-17(2)22(27)25-15-23(10-12-28-13-11-23)20-8-3-4-9-21(20)24/h3-9,14,17H,10-13,15H2,1-2H3,(H,25,27). The van der Waals surface area contributed by atoms with Crippen molar-refractivity contribution in [2.75, 3.05) is 19.8 Å². The van der Waals surface area contributed by atoms with Crippen molar-refractivity contribution in [1.29, 1.82) is 0 Å². The molecule has 2 aromatic rings. The van der Waals surface area contributed by atoms with E-state index in [-0.39, 0.29) is 17.1 Å². The quantitative estimate of drug-likeness (QED) is 0.689. The van der Waals surface area contributed by atoms with Crippen LogP contribution in [0.15, 0.2) is 48.5 Å². The van der Waals surface area contributed by atoms with Gasteiger partial charge in [-0.3, -0.25) is 9.59 Å². The van der Waals surface area contributed by atoms with Crippen molar-refractivity contribution in [3.8, 4) is 5.75 Å². The van der Waals surface area contributed by atoms with Gasteiger partial charge in [0.15, 0.2) is 11.9 Å². The van der Waals surface area contributed by atoms with Crippen molar-refractivity contribution < 1.29 is 19.1 Å². The molecule has 1 N–H and O–H groups in total. The second-order valence-corrected chi connectivity index (χ2v) is 7.84. The average molecular weight is 416 g/mol. The van der Waals surface area contributed by atoms with E-state index in [0.29, 0.717) is 36.1 Å². The minimum atomic E-state index is -0.694. The summed E-state index contributed by atoms with van der Waals surface area (Å²) in [7, 11) is 0. The van der Waals surface area contributed by atoms with Gasteiger partial charge in [0, 0.05) is 35.8 Å². The van der Waals surface area contributed by atoms with Crippen LogP contribution < -0.4 is 10.1 Å². The molecule has 1 saturated heterocycles. The topological polar surface area (TPSA) is 64.6 Å². The fourth-order valence-corrected chi connectivity index (χ4v) is 3.98. The van der Waals surface area contributed by atoms with Gasteiger partial charge in [-0.15, -0.1) is 0 Å². The van der Waals surface area contributed by atoms with E-state index < -0.39 is 6.10 Å². The molecule has 2 aromatic carbocycles. The van der Waals surface area contributed by atoms with Gasteiger partial charge < -0.3 is 14.8 Å². The number of rotatable bonds is 7. The maximum Gasteiger partial charge on any atom is 0.260 e. The van der Waals surface area contributed by atoms with Gasteiger partial charge >= 0.3 is 0 Å². The average Bonchev–Trinajstić information content (AvgIpc) is 2.73. The minimum Gasteiger partial charge on any atom is -0.481 e. The number of halogens is 1. The summed E-state index contributed by atoms with van der Waals surface area (Å²) in [5.41, 5.74) is 1.32. The Bertz CT molecular complexity index is 877. The Kier molecular flexibility index (Phi) is 6.93. The molecule has 1 fully saturated rings. The lowest BCUT2D eigenvalue weighted by Gasteiger charge is -2.38. The maximum atomic E-state index is 12.7. The molecule has 0 radical (unpaired) electrons. The lowest BCUT2D eigenvalue weighted by Crippen LogP contribution is -2.47. The molecule has 1 amide bonds. The summed E-state index contributed by atoms with van der Waals surface area (Å²) >= 11 is 6.47. The zero-order chi connectivity index (χ0) is 20.9. The number of amides is 1. The molecule has 0 spiro atoms. The van der Waals surface area contributed by atoms with Crippen LogP contribution in [0.5, 0.6) is 5.75 Å². The third-order valence-corrected chi connectivity index (χ3v) is 5.75. The fraction of sp³-hybridized carbons (Fsp3) is 0.391. The van der Waals surface area contributed by atoms with Crippen molar-refractivity contribution >= 4 is 23.3 Å². The first kappa shape index (κ1) is 21.3. The molecule has 0 bridgehead atoms. The second-order valence-electron chi connectivity index (χ2n) is 7.43. The molecule has 6 heteroatoms. The molecular weight excluding hydrogens is 390 g/mol. The highest BCUT2D eigenvalue weighted by Crippen LogP contribution is 2.38. The molecule has 1 atom stereocenters. The van der Waals surface area contributed by atoms with Crippen LogP contribution in [0.2, 0.25) is 5.02 Å². The monoisotopic (exact) mass is 415 g/mol. The van der Waals surface area contributed by atoms with Crippen LogP contribution in [-0.2, 0) is 14.9 Å². The van der Waals surface area contributed by atoms with E-state index in [2.05, 4.69) is 5.32 Å². The van der Waals surface area contributed by atoms with Gasteiger partial charge in [0.05, 0.1) is 0 Å². The Hall–Kier alpha value is -2.37. The van der Waals surface area contributed by atoms with Crippen LogP contribution in [0.25, 0.3) is 0 Å². The normalized spacial score (nSPS) is 16.7. The van der Waals surface area contributed by atoms with Gasteiger partial charge in [0.1, 0.15) is 5.75 Å². The highest BCUT2D eigenvalue weighted by molar-refractivity contribution is 6.31. The highest BCUT2D eigenvalue weighted by Gasteiger charge is 2.36. The van der Waals surface area contributed by atoms with Crippen molar-refractivity contribution in [1.82, 2.24) is 5.32 Å². The number of hydrogen-bond acceptors (Lipinski definition) is 4. The number of hydrogen-bond donors (Lipinski definition) is 1. The maximum absolute atomic E-state index is 12.7. The van der Waals surface area contributed by atoms with E-state index in [1.54, 1.807) is 31.2 Å². The second kappa shape index (κ2) is 9.42. The Balaban J connectivity index is 1.68. The molecule has 0 aromatic heterocycles. The first-order valence-electron chi connectivity index (χ1n) is 9.79. The largest absolute Gasteiger partial charge is 0.481 e. The Morgan fingerprint density at radius 3 is 2.59 bits per heavy atom. The number of Topliss-reactive ketones (excluding diaryl/α,β-unsaturated/α-hetero) is 1. The van der Waals surface area contributed by atoms with Gasteiger partial charge in [-0.05, 0) is 50.5 Å². The summed E-state index contributed by atoms with van der Waals surface area (Å²) < 4.78 is 11.3. The van der Waals surface area contributed by atoms with Gasteiger partial charge in [0.25, 0.3) is 5.91 Å². The van der Waals surface area contributed by atoms with Gasteiger partial charge in [-0.2, -0.15) is 0 Å². The first-order chi connectivity index (χ1) is 13.9. The third-order valence-electron chi connectivity index (χ3n) is 5.42. The lowest BCUT2D eigenvalue weighted by atomic mass is 9.74. The lowest BCUT2D eigenvalue weighted by molar-refractivity contribution is -0.127. The number of nitrogens with one attached hydrogen (secondary N) is 1. The van der Waals surface area contributed by atoms with Crippen LogP contribution in [0.3, 0.4) is 0 Å². The molecule has 0 saturated carbocycles. The zero-order valence-electron chi connectivity index (χ0n) is 16.7. The van der Waals surface area contributed by atoms with Crippen molar-refractivity contribution in [2.45, 2.75) is 38.2 Å². The Morgan fingerprint density at radius 2 is 1.90 bits per heavy atom. The van der Waals surface area contributed by atoms with Gasteiger partial charge in [-0.25, -0.2) is 0 Å². The summed E-state index contributed by atoms with van der Waals surface area (Å²) in [6.45, 7) is 4.91. The smallest absolute Gasteiger partial charge is 0.260 e. The molecule has 1 aliphatic heterocycles. The minimum absolute atomic E-state index is 0.0475. The number of ether oxygens (including phenoxy) is 2. The van der Waals surface area contributed by atoms with Crippen molar-refractivity contribution in [2.24, 2.45) is 0 Å². The molecule has 0 aliphatic carbocycles. The number of carbonyl (C=O) groups excluding carboxylic acids is 2. The highest BCUT2D eigenvalue weighted by atomic mass is 35.5. The number of carbonyl (C=O) groups is 2. The van der Waals surface area contributed by atoms with Crippen LogP contribution in [0.1, 0.15) is 42.6 Å². The van der Waals surface area contributed by atoms with Crippen molar-refractivity contribution in [3.63, 3.8) is 0 Å². The fourth-order valence-electron chi connectivity index (χ4n) is 3.64. The van der Waals surface area contributed by atoms with E-state index in [4.69, 9.17) is 21.1 Å². The molecule has 3 rings (SSSR count). The number of ketones is 1. The van der Waals surface area contributed by atoms with E-state index in [1.807, 2.05) is 24.3 Å². The molecule has 1 unspecified atom stereocenters. The molecule has 1 aliphatic rings.